The van der Waals surface area contributed by atoms with Gasteiger partial charge in [-0.05, 0) is 43.7 Å². The van der Waals surface area contributed by atoms with E-state index in [2.05, 4.69) is 15.3 Å². The molecule has 3 rings (SSSR count). The fourth-order valence-corrected chi connectivity index (χ4v) is 3.36. The van der Waals surface area contributed by atoms with Crippen LogP contribution < -0.4 is 14.8 Å². The van der Waals surface area contributed by atoms with Gasteiger partial charge in [0.25, 0.3) is 0 Å². The van der Waals surface area contributed by atoms with Crippen LogP contribution >= 0.6 is 11.8 Å². The number of hydrogen-bond donors (Lipinski definition) is 2. The second-order valence-electron chi connectivity index (χ2n) is 5.88. The number of aromatic nitrogens is 2. The molecule has 0 spiro atoms. The topological polar surface area (TPSA) is 76.2 Å². The smallest absolute Gasteiger partial charge is 0.237 e. The summed E-state index contributed by atoms with van der Waals surface area (Å²) in [5.41, 5.74) is 3.68. The van der Waals surface area contributed by atoms with Crippen molar-refractivity contribution >= 4 is 34.4 Å². The maximum atomic E-state index is 12.5. The number of fused-ring (bicyclic) bond motifs is 1. The number of nitrogens with one attached hydrogen (secondary N) is 2. The Morgan fingerprint density at radius 3 is 2.65 bits per heavy atom. The molecule has 0 aliphatic heterocycles. The van der Waals surface area contributed by atoms with Crippen LogP contribution in [0.3, 0.4) is 0 Å². The molecule has 0 bridgehead atoms. The van der Waals surface area contributed by atoms with Crippen molar-refractivity contribution in [2.75, 3.05) is 19.5 Å². The molecule has 2 aromatic carbocycles. The lowest BCUT2D eigenvalue weighted by Crippen LogP contribution is -2.22. The molecule has 6 nitrogen and oxygen atoms in total. The van der Waals surface area contributed by atoms with Crippen molar-refractivity contribution < 1.29 is 14.3 Å². The van der Waals surface area contributed by atoms with E-state index in [0.29, 0.717) is 17.2 Å². The highest BCUT2D eigenvalue weighted by Gasteiger charge is 2.17. The van der Waals surface area contributed by atoms with Crippen LogP contribution in [0, 0.1) is 6.92 Å². The van der Waals surface area contributed by atoms with E-state index in [1.54, 1.807) is 32.4 Å². The molecule has 1 atom stereocenters. The predicted octanol–water partition coefficient (Wildman–Crippen LogP) is 4.01. The number of aryl methyl sites for hydroxylation is 1. The molecule has 0 aliphatic carbocycles. The van der Waals surface area contributed by atoms with E-state index in [4.69, 9.17) is 9.47 Å². The number of thioether (sulfide) groups is 1. The van der Waals surface area contributed by atoms with Gasteiger partial charge < -0.3 is 19.8 Å². The first-order valence-corrected chi connectivity index (χ1v) is 9.04. The number of rotatable bonds is 6. The summed E-state index contributed by atoms with van der Waals surface area (Å²) < 4.78 is 10.5. The monoisotopic (exact) mass is 371 g/mol. The quantitative estimate of drug-likeness (QED) is 0.640. The second-order valence-corrected chi connectivity index (χ2v) is 7.21. The Hall–Kier alpha value is -2.67. The van der Waals surface area contributed by atoms with Crippen molar-refractivity contribution in [3.05, 3.63) is 42.0 Å². The fraction of sp³-hybridized carbons (Fsp3) is 0.263. The number of aromatic amines is 1. The number of carbonyl (C=O) groups excluding carboxylic acids is 1. The zero-order valence-electron chi connectivity index (χ0n) is 15.1. The molecule has 26 heavy (non-hydrogen) atoms. The maximum absolute atomic E-state index is 12.5. The van der Waals surface area contributed by atoms with Gasteiger partial charge in [-0.3, -0.25) is 4.79 Å². The molecule has 0 radical (unpaired) electrons. The first-order valence-electron chi connectivity index (χ1n) is 8.16. The van der Waals surface area contributed by atoms with Crippen LogP contribution in [0.5, 0.6) is 11.5 Å². The summed E-state index contributed by atoms with van der Waals surface area (Å²) in [5.74, 6) is 1.07. The van der Waals surface area contributed by atoms with Gasteiger partial charge in [-0.15, -0.1) is 0 Å². The highest BCUT2D eigenvalue weighted by Crippen LogP contribution is 2.30. The normalized spacial score (nSPS) is 12.0. The molecule has 0 saturated carbocycles. The number of methoxy groups -OCH3 is 2. The van der Waals surface area contributed by atoms with Crippen LogP contribution in [-0.2, 0) is 4.79 Å². The van der Waals surface area contributed by atoms with Crippen LogP contribution in [0.25, 0.3) is 11.0 Å². The first-order chi connectivity index (χ1) is 12.5. The van der Waals surface area contributed by atoms with Gasteiger partial charge >= 0.3 is 0 Å². The van der Waals surface area contributed by atoms with Crippen molar-refractivity contribution in [2.24, 2.45) is 0 Å². The molecular weight excluding hydrogens is 350 g/mol. The van der Waals surface area contributed by atoms with Crippen molar-refractivity contribution in [1.29, 1.82) is 0 Å². The fourth-order valence-electron chi connectivity index (χ4n) is 2.53. The zero-order valence-corrected chi connectivity index (χ0v) is 15.9. The van der Waals surface area contributed by atoms with Gasteiger partial charge in [0.15, 0.2) is 16.7 Å². The van der Waals surface area contributed by atoms with Crippen LogP contribution in [-0.4, -0.2) is 35.3 Å². The number of benzene rings is 2. The Morgan fingerprint density at radius 1 is 1.15 bits per heavy atom. The van der Waals surface area contributed by atoms with Crippen LogP contribution in [0.2, 0.25) is 0 Å². The van der Waals surface area contributed by atoms with E-state index < -0.39 is 0 Å². The van der Waals surface area contributed by atoms with Crippen LogP contribution in [0.15, 0.2) is 41.6 Å². The van der Waals surface area contributed by atoms with E-state index in [9.17, 15) is 4.79 Å². The number of ether oxygens (including phenoxy) is 2. The van der Waals surface area contributed by atoms with Crippen molar-refractivity contribution in [3.63, 3.8) is 0 Å². The predicted molar refractivity (Wildman–Crippen MR) is 104 cm³/mol. The third-order valence-electron chi connectivity index (χ3n) is 3.92. The summed E-state index contributed by atoms with van der Waals surface area (Å²) in [5, 5.41) is 3.30. The van der Waals surface area contributed by atoms with Crippen LogP contribution in [0.4, 0.5) is 5.69 Å². The van der Waals surface area contributed by atoms with Crippen molar-refractivity contribution in [1.82, 2.24) is 9.97 Å². The van der Waals surface area contributed by atoms with Gasteiger partial charge in [-0.25, -0.2) is 4.98 Å². The third-order valence-corrected chi connectivity index (χ3v) is 4.91. The molecule has 3 aromatic rings. The summed E-state index contributed by atoms with van der Waals surface area (Å²) in [6, 6.07) is 11.3. The van der Waals surface area contributed by atoms with E-state index in [0.717, 1.165) is 21.8 Å². The molecule has 7 heteroatoms. The molecule has 136 valence electrons. The number of hydrogen-bond acceptors (Lipinski definition) is 5. The molecule has 0 saturated heterocycles. The van der Waals surface area contributed by atoms with Gasteiger partial charge in [-0.2, -0.15) is 0 Å². The highest BCUT2D eigenvalue weighted by atomic mass is 32.2. The molecule has 1 unspecified atom stereocenters. The lowest BCUT2D eigenvalue weighted by Gasteiger charge is -2.13. The molecule has 1 amide bonds. The Balaban J connectivity index is 1.69. The Kier molecular flexibility index (Phi) is 5.37. The number of carbonyl (C=O) groups is 1. The summed E-state index contributed by atoms with van der Waals surface area (Å²) in [6.45, 7) is 3.88. The van der Waals surface area contributed by atoms with Gasteiger partial charge in [0, 0.05) is 11.8 Å². The largest absolute Gasteiger partial charge is 0.493 e. The SMILES string of the molecule is COc1ccc(NC(=O)C(C)Sc2nc3ccc(C)cc3[nH]2)cc1OC. The minimum atomic E-state index is -0.315. The number of imidazole rings is 1. The lowest BCUT2D eigenvalue weighted by molar-refractivity contribution is -0.115. The number of amides is 1. The zero-order chi connectivity index (χ0) is 18.7. The summed E-state index contributed by atoms with van der Waals surface area (Å²) in [6.07, 6.45) is 0. The Bertz CT molecular complexity index is 939. The standard InChI is InChI=1S/C19H21N3O3S/c1-11-5-7-14-15(9-11)22-19(21-14)26-12(2)18(23)20-13-6-8-16(24-3)17(10-13)25-4/h5-10,12H,1-4H3,(H,20,23)(H,21,22). The van der Waals surface area contributed by atoms with E-state index >= 15 is 0 Å². The number of H-pyrrole nitrogens is 1. The van der Waals surface area contributed by atoms with Gasteiger partial charge in [0.05, 0.1) is 30.5 Å². The van der Waals surface area contributed by atoms with E-state index in [1.165, 1.54) is 11.8 Å². The lowest BCUT2D eigenvalue weighted by atomic mass is 10.2. The minimum Gasteiger partial charge on any atom is -0.493 e. The van der Waals surface area contributed by atoms with Crippen molar-refractivity contribution in [3.8, 4) is 11.5 Å². The minimum absolute atomic E-state index is 0.112. The van der Waals surface area contributed by atoms with E-state index in [-0.39, 0.29) is 11.2 Å². The summed E-state index contributed by atoms with van der Waals surface area (Å²) >= 11 is 1.39. The summed E-state index contributed by atoms with van der Waals surface area (Å²) in [7, 11) is 3.13. The second kappa shape index (κ2) is 7.70. The average Bonchev–Trinajstić information content (AvgIpc) is 3.02. The van der Waals surface area contributed by atoms with Crippen LogP contribution in [0.1, 0.15) is 12.5 Å². The molecule has 1 aromatic heterocycles. The van der Waals surface area contributed by atoms with Gasteiger partial charge in [0.1, 0.15) is 0 Å². The molecule has 0 fully saturated rings. The first kappa shape index (κ1) is 18.1. The molecule has 2 N–H and O–H groups in total. The van der Waals surface area contributed by atoms with Gasteiger partial charge in [0.2, 0.25) is 5.91 Å². The van der Waals surface area contributed by atoms with E-state index in [1.807, 2.05) is 32.0 Å². The number of nitrogens with zero attached hydrogens (tertiary/aromatic N) is 1. The van der Waals surface area contributed by atoms with Crippen molar-refractivity contribution in [2.45, 2.75) is 24.3 Å². The van der Waals surface area contributed by atoms with Gasteiger partial charge in [-0.1, -0.05) is 17.8 Å². The molecular formula is C19H21N3O3S. The summed E-state index contributed by atoms with van der Waals surface area (Å²) in [4.78, 5) is 20.3. The molecule has 0 aliphatic rings. The maximum Gasteiger partial charge on any atom is 0.237 e. The Morgan fingerprint density at radius 2 is 1.92 bits per heavy atom. The molecule has 1 heterocycles. The highest BCUT2D eigenvalue weighted by molar-refractivity contribution is 8.00. The number of anilines is 1. The Labute approximate surface area is 156 Å². The average molecular weight is 371 g/mol. The third kappa shape index (κ3) is 3.94.